The lowest BCUT2D eigenvalue weighted by Crippen LogP contribution is -2.28. The second kappa shape index (κ2) is 6.56. The van der Waals surface area contributed by atoms with Crippen molar-refractivity contribution in [2.45, 2.75) is 13.8 Å². The highest BCUT2D eigenvalue weighted by Gasteiger charge is 2.13. The van der Waals surface area contributed by atoms with Crippen LogP contribution in [0, 0.1) is 5.92 Å². The number of carbonyl (C=O) groups is 1. The molecule has 0 radical (unpaired) electrons. The Hall–Kier alpha value is -2.76. The molecule has 1 aliphatic heterocycles. The molecular formula is C17H19N3O3. The molecule has 120 valence electrons. The van der Waals surface area contributed by atoms with E-state index in [2.05, 4.69) is 15.6 Å². The number of pyridine rings is 1. The molecule has 1 amide bonds. The van der Waals surface area contributed by atoms with Crippen LogP contribution in [0.3, 0.4) is 0 Å². The molecule has 2 aromatic rings. The third-order valence-electron chi connectivity index (χ3n) is 3.32. The van der Waals surface area contributed by atoms with E-state index in [1.165, 1.54) is 0 Å². The zero-order chi connectivity index (χ0) is 16.2. The predicted molar refractivity (Wildman–Crippen MR) is 87.3 cm³/mol. The van der Waals surface area contributed by atoms with Crippen LogP contribution < -0.4 is 20.1 Å². The first-order valence-corrected chi connectivity index (χ1v) is 7.53. The third-order valence-corrected chi connectivity index (χ3v) is 3.32. The van der Waals surface area contributed by atoms with Gasteiger partial charge in [-0.15, -0.1) is 0 Å². The first-order valence-electron chi connectivity index (χ1n) is 7.53. The fourth-order valence-corrected chi connectivity index (χ4v) is 2.16. The molecule has 0 spiro atoms. The number of aromatic nitrogens is 1. The van der Waals surface area contributed by atoms with E-state index in [4.69, 9.17) is 9.47 Å². The summed E-state index contributed by atoms with van der Waals surface area (Å²) in [4.78, 5) is 16.2. The van der Waals surface area contributed by atoms with Crippen LogP contribution in [0.15, 0.2) is 36.5 Å². The average molecular weight is 313 g/mol. The molecule has 6 heteroatoms. The normalized spacial score (nSPS) is 12.3. The van der Waals surface area contributed by atoms with Gasteiger partial charge in [0.25, 0.3) is 5.91 Å². The molecule has 23 heavy (non-hydrogen) atoms. The predicted octanol–water partition coefficient (Wildman–Crippen LogP) is 2.94. The summed E-state index contributed by atoms with van der Waals surface area (Å²) >= 11 is 0. The van der Waals surface area contributed by atoms with E-state index in [0.29, 0.717) is 23.9 Å². The Morgan fingerprint density at radius 2 is 1.96 bits per heavy atom. The van der Waals surface area contributed by atoms with Gasteiger partial charge in [-0.3, -0.25) is 9.78 Å². The first kappa shape index (κ1) is 15.1. The van der Waals surface area contributed by atoms with E-state index in [-0.39, 0.29) is 12.7 Å². The van der Waals surface area contributed by atoms with Crippen molar-refractivity contribution in [1.82, 2.24) is 10.3 Å². The zero-order valence-electron chi connectivity index (χ0n) is 13.1. The Labute approximate surface area is 134 Å². The molecular weight excluding hydrogens is 294 g/mol. The van der Waals surface area contributed by atoms with Crippen LogP contribution >= 0.6 is 0 Å². The van der Waals surface area contributed by atoms with Crippen molar-refractivity contribution in [3.8, 4) is 11.5 Å². The second-order valence-electron chi connectivity index (χ2n) is 5.73. The number of benzene rings is 1. The molecule has 0 unspecified atom stereocenters. The van der Waals surface area contributed by atoms with Crippen molar-refractivity contribution in [2.75, 3.05) is 18.7 Å². The molecule has 1 aromatic carbocycles. The third kappa shape index (κ3) is 3.71. The van der Waals surface area contributed by atoms with Gasteiger partial charge in [0.1, 0.15) is 5.69 Å². The smallest absolute Gasteiger partial charge is 0.269 e. The van der Waals surface area contributed by atoms with Crippen LogP contribution in [-0.2, 0) is 0 Å². The van der Waals surface area contributed by atoms with Gasteiger partial charge in [0.05, 0.1) is 0 Å². The highest BCUT2D eigenvalue weighted by Crippen LogP contribution is 2.35. The van der Waals surface area contributed by atoms with Crippen LogP contribution in [0.4, 0.5) is 11.4 Å². The van der Waals surface area contributed by atoms with Gasteiger partial charge < -0.3 is 20.1 Å². The molecule has 0 aliphatic carbocycles. The van der Waals surface area contributed by atoms with Gasteiger partial charge in [-0.1, -0.05) is 13.8 Å². The summed E-state index contributed by atoms with van der Waals surface area (Å²) in [6.07, 6.45) is 1.61. The number of amides is 1. The molecule has 0 bridgehead atoms. The molecule has 1 aromatic heterocycles. The van der Waals surface area contributed by atoms with Gasteiger partial charge in [-0.2, -0.15) is 0 Å². The first-order chi connectivity index (χ1) is 11.1. The summed E-state index contributed by atoms with van der Waals surface area (Å²) < 4.78 is 10.6. The highest BCUT2D eigenvalue weighted by atomic mass is 16.7. The SMILES string of the molecule is CC(C)CNC(=O)c1cc(Nc2ccc3c(c2)OCO3)ccn1. The minimum atomic E-state index is -0.173. The Morgan fingerprint density at radius 3 is 2.78 bits per heavy atom. The standard InChI is InChI=1S/C17H19N3O3/c1-11(2)9-19-17(21)14-7-13(5-6-18-14)20-12-3-4-15-16(8-12)23-10-22-15/h3-8,11H,9-10H2,1-2H3,(H,18,20)(H,19,21). The maximum absolute atomic E-state index is 12.1. The lowest BCUT2D eigenvalue weighted by Gasteiger charge is -2.10. The number of nitrogens with one attached hydrogen (secondary N) is 2. The van der Waals surface area contributed by atoms with Crippen LogP contribution in [0.1, 0.15) is 24.3 Å². The van der Waals surface area contributed by atoms with Crippen LogP contribution in [-0.4, -0.2) is 24.2 Å². The molecule has 0 saturated carbocycles. The maximum Gasteiger partial charge on any atom is 0.269 e. The van der Waals surface area contributed by atoms with E-state index in [1.54, 1.807) is 12.3 Å². The van der Waals surface area contributed by atoms with Crippen molar-refractivity contribution < 1.29 is 14.3 Å². The minimum Gasteiger partial charge on any atom is -0.454 e. The van der Waals surface area contributed by atoms with Gasteiger partial charge in [0.15, 0.2) is 11.5 Å². The molecule has 6 nitrogen and oxygen atoms in total. The van der Waals surface area contributed by atoms with Crippen molar-refractivity contribution in [1.29, 1.82) is 0 Å². The average Bonchev–Trinajstić information content (AvgIpc) is 3.00. The molecule has 0 saturated heterocycles. The topological polar surface area (TPSA) is 72.5 Å². The van der Waals surface area contributed by atoms with E-state index in [1.807, 2.05) is 38.1 Å². The number of ether oxygens (including phenoxy) is 2. The molecule has 2 N–H and O–H groups in total. The lowest BCUT2D eigenvalue weighted by molar-refractivity contribution is 0.0944. The summed E-state index contributed by atoms with van der Waals surface area (Å²) in [5.74, 6) is 1.67. The molecule has 0 fully saturated rings. The summed E-state index contributed by atoms with van der Waals surface area (Å²) in [7, 11) is 0. The van der Waals surface area contributed by atoms with Gasteiger partial charge in [-0.25, -0.2) is 0 Å². The number of fused-ring (bicyclic) bond motifs is 1. The largest absolute Gasteiger partial charge is 0.454 e. The van der Waals surface area contributed by atoms with Crippen LogP contribution in [0.25, 0.3) is 0 Å². The van der Waals surface area contributed by atoms with Gasteiger partial charge in [-0.05, 0) is 30.2 Å². The zero-order valence-corrected chi connectivity index (χ0v) is 13.1. The minimum absolute atomic E-state index is 0.173. The monoisotopic (exact) mass is 313 g/mol. The molecule has 0 atom stereocenters. The van der Waals surface area contributed by atoms with Crippen molar-refractivity contribution in [3.63, 3.8) is 0 Å². The Bertz CT molecular complexity index is 716. The summed E-state index contributed by atoms with van der Waals surface area (Å²) in [5.41, 5.74) is 2.03. The number of hydrogen-bond acceptors (Lipinski definition) is 5. The van der Waals surface area contributed by atoms with Crippen molar-refractivity contribution in [2.24, 2.45) is 5.92 Å². The van der Waals surface area contributed by atoms with Gasteiger partial charge in [0, 0.05) is 30.2 Å². The van der Waals surface area contributed by atoms with E-state index in [9.17, 15) is 4.79 Å². The van der Waals surface area contributed by atoms with E-state index in [0.717, 1.165) is 17.1 Å². The number of nitrogens with zero attached hydrogens (tertiary/aromatic N) is 1. The second-order valence-corrected chi connectivity index (χ2v) is 5.73. The number of rotatable bonds is 5. The molecule has 1 aliphatic rings. The fraction of sp³-hybridized carbons (Fsp3) is 0.294. The van der Waals surface area contributed by atoms with Crippen LogP contribution in [0.5, 0.6) is 11.5 Å². The summed E-state index contributed by atoms with van der Waals surface area (Å²) in [6, 6.07) is 9.14. The van der Waals surface area contributed by atoms with Gasteiger partial charge in [0.2, 0.25) is 6.79 Å². The quantitative estimate of drug-likeness (QED) is 0.888. The molecule has 2 heterocycles. The Kier molecular flexibility index (Phi) is 4.32. The fourth-order valence-electron chi connectivity index (χ4n) is 2.16. The summed E-state index contributed by atoms with van der Waals surface area (Å²) in [6.45, 7) is 4.96. The lowest BCUT2D eigenvalue weighted by atomic mass is 10.2. The van der Waals surface area contributed by atoms with Gasteiger partial charge >= 0.3 is 0 Å². The maximum atomic E-state index is 12.1. The number of hydrogen-bond donors (Lipinski definition) is 2. The number of anilines is 2. The van der Waals surface area contributed by atoms with E-state index < -0.39 is 0 Å². The Morgan fingerprint density at radius 1 is 1.17 bits per heavy atom. The van der Waals surface area contributed by atoms with Crippen LogP contribution in [0.2, 0.25) is 0 Å². The van der Waals surface area contributed by atoms with E-state index >= 15 is 0 Å². The highest BCUT2D eigenvalue weighted by molar-refractivity contribution is 5.93. The van der Waals surface area contributed by atoms with Crippen molar-refractivity contribution >= 4 is 17.3 Å². The molecule has 3 rings (SSSR count). The van der Waals surface area contributed by atoms with Crippen molar-refractivity contribution in [3.05, 3.63) is 42.2 Å². The number of carbonyl (C=O) groups excluding carboxylic acids is 1. The summed E-state index contributed by atoms with van der Waals surface area (Å²) in [5, 5.41) is 6.10. The Balaban J connectivity index is 1.71.